The summed E-state index contributed by atoms with van der Waals surface area (Å²) in [4.78, 5) is 10.4. The standard InChI is InChI=1S/C14H16BrN3O3/c1-2-17-14(8-16,10-6-7-10)9-21-12-5-3-4-11(13(12)15)18(19)20/h3-5,10,17H,2,6-7,9H2,1H3. The van der Waals surface area contributed by atoms with Crippen molar-refractivity contribution < 1.29 is 9.66 Å². The molecule has 0 spiro atoms. The molecule has 1 aromatic carbocycles. The number of nitro groups is 1. The Morgan fingerprint density at radius 3 is 2.86 bits per heavy atom. The second-order valence-corrected chi connectivity index (χ2v) is 5.82. The first-order valence-corrected chi connectivity index (χ1v) is 7.55. The summed E-state index contributed by atoms with van der Waals surface area (Å²) in [5.74, 6) is 0.655. The first kappa shape index (κ1) is 15.7. The highest BCUT2D eigenvalue weighted by molar-refractivity contribution is 9.10. The molecule has 6 nitrogen and oxygen atoms in total. The maximum absolute atomic E-state index is 10.9. The fourth-order valence-electron chi connectivity index (χ4n) is 2.31. The average Bonchev–Trinajstić information content (AvgIpc) is 3.29. The Morgan fingerprint density at radius 2 is 2.33 bits per heavy atom. The molecule has 1 saturated carbocycles. The number of nitrogens with zero attached hydrogens (tertiary/aromatic N) is 2. The third-order valence-electron chi connectivity index (χ3n) is 3.56. The second kappa shape index (κ2) is 6.41. The molecule has 0 heterocycles. The molecule has 21 heavy (non-hydrogen) atoms. The lowest BCUT2D eigenvalue weighted by atomic mass is 9.96. The van der Waals surface area contributed by atoms with Gasteiger partial charge >= 0.3 is 0 Å². The summed E-state index contributed by atoms with van der Waals surface area (Å²) < 4.78 is 6.00. The van der Waals surface area contributed by atoms with E-state index in [2.05, 4.69) is 27.3 Å². The molecule has 1 N–H and O–H groups in total. The summed E-state index contributed by atoms with van der Waals surface area (Å²) in [6.07, 6.45) is 2.00. The van der Waals surface area contributed by atoms with Crippen LogP contribution in [0, 0.1) is 27.4 Å². The highest BCUT2D eigenvalue weighted by Crippen LogP contribution is 2.41. The predicted molar refractivity (Wildman–Crippen MR) is 81.0 cm³/mol. The molecular weight excluding hydrogens is 338 g/mol. The Bertz CT molecular complexity index is 583. The molecule has 1 atom stereocenters. The molecule has 1 aliphatic rings. The van der Waals surface area contributed by atoms with Gasteiger partial charge in [0.15, 0.2) is 0 Å². The van der Waals surface area contributed by atoms with Crippen molar-refractivity contribution in [3.63, 3.8) is 0 Å². The lowest BCUT2D eigenvalue weighted by Crippen LogP contribution is -2.50. The number of benzene rings is 1. The molecular formula is C14H16BrN3O3. The van der Waals surface area contributed by atoms with Crippen LogP contribution in [0.2, 0.25) is 0 Å². The first-order valence-electron chi connectivity index (χ1n) is 6.76. The Kier molecular flexibility index (Phi) is 4.80. The van der Waals surface area contributed by atoms with Crippen LogP contribution in [0.1, 0.15) is 19.8 Å². The fraction of sp³-hybridized carbons (Fsp3) is 0.500. The van der Waals surface area contributed by atoms with Crippen molar-refractivity contribution in [2.45, 2.75) is 25.3 Å². The monoisotopic (exact) mass is 353 g/mol. The minimum absolute atomic E-state index is 0.0510. The number of nitrogens with one attached hydrogen (secondary N) is 1. The van der Waals surface area contributed by atoms with Gasteiger partial charge in [-0.3, -0.25) is 15.4 Å². The fourth-order valence-corrected chi connectivity index (χ4v) is 2.83. The van der Waals surface area contributed by atoms with Gasteiger partial charge in [0.2, 0.25) is 0 Å². The first-order chi connectivity index (χ1) is 10.0. The minimum atomic E-state index is -0.723. The van der Waals surface area contributed by atoms with Crippen molar-refractivity contribution in [1.29, 1.82) is 5.26 Å². The molecule has 112 valence electrons. The summed E-state index contributed by atoms with van der Waals surface area (Å²) in [6, 6.07) is 6.94. The van der Waals surface area contributed by atoms with Gasteiger partial charge in [-0.1, -0.05) is 13.0 Å². The Morgan fingerprint density at radius 1 is 1.62 bits per heavy atom. The topological polar surface area (TPSA) is 88.2 Å². The number of halogens is 1. The number of hydrogen-bond donors (Lipinski definition) is 1. The smallest absolute Gasteiger partial charge is 0.287 e. The molecule has 7 heteroatoms. The highest BCUT2D eigenvalue weighted by Gasteiger charge is 2.46. The van der Waals surface area contributed by atoms with E-state index < -0.39 is 10.5 Å². The molecule has 0 bridgehead atoms. The number of hydrogen-bond acceptors (Lipinski definition) is 5. The van der Waals surface area contributed by atoms with Gasteiger partial charge < -0.3 is 4.74 Å². The van der Waals surface area contributed by atoms with Crippen LogP contribution in [0.3, 0.4) is 0 Å². The molecule has 0 aliphatic heterocycles. The predicted octanol–water partition coefficient (Wildman–Crippen LogP) is 3.02. The number of likely N-dealkylation sites (N-methyl/N-ethyl adjacent to an activating group) is 1. The average molecular weight is 354 g/mol. The van der Waals surface area contributed by atoms with Gasteiger partial charge in [0.25, 0.3) is 5.69 Å². The number of ether oxygens (including phenoxy) is 1. The van der Waals surface area contributed by atoms with E-state index in [0.29, 0.717) is 16.8 Å². The summed E-state index contributed by atoms with van der Waals surface area (Å²) >= 11 is 3.19. The molecule has 1 unspecified atom stereocenters. The zero-order valence-electron chi connectivity index (χ0n) is 11.6. The van der Waals surface area contributed by atoms with E-state index in [1.165, 1.54) is 6.07 Å². The minimum Gasteiger partial charge on any atom is -0.489 e. The Hall–Kier alpha value is -1.65. The van der Waals surface area contributed by atoms with Gasteiger partial charge in [0.1, 0.15) is 22.4 Å². The lowest BCUT2D eigenvalue weighted by Gasteiger charge is -2.27. The maximum atomic E-state index is 10.9. The van der Waals surface area contributed by atoms with Crippen molar-refractivity contribution in [1.82, 2.24) is 5.32 Å². The highest BCUT2D eigenvalue weighted by atomic mass is 79.9. The van der Waals surface area contributed by atoms with Crippen LogP contribution in [0.5, 0.6) is 5.75 Å². The van der Waals surface area contributed by atoms with Gasteiger partial charge in [-0.15, -0.1) is 0 Å². The summed E-state index contributed by atoms with van der Waals surface area (Å²) in [6.45, 7) is 2.78. The van der Waals surface area contributed by atoms with Crippen molar-refractivity contribution >= 4 is 21.6 Å². The van der Waals surface area contributed by atoms with Crippen LogP contribution in [0.15, 0.2) is 22.7 Å². The summed E-state index contributed by atoms with van der Waals surface area (Å²) in [5.41, 5.74) is -0.774. The normalized spacial score (nSPS) is 16.8. The van der Waals surface area contributed by atoms with Crippen LogP contribution >= 0.6 is 15.9 Å². The van der Waals surface area contributed by atoms with Crippen molar-refractivity contribution in [2.24, 2.45) is 5.92 Å². The third kappa shape index (κ3) is 3.34. The Balaban J connectivity index is 2.17. The zero-order chi connectivity index (χ0) is 15.5. The molecule has 0 saturated heterocycles. The van der Waals surface area contributed by atoms with E-state index in [1.807, 2.05) is 6.92 Å². The van der Waals surface area contributed by atoms with Gasteiger partial charge in [-0.25, -0.2) is 0 Å². The molecule has 1 aliphatic carbocycles. The summed E-state index contributed by atoms with van der Waals surface area (Å²) in [5, 5.41) is 23.6. The van der Waals surface area contributed by atoms with Crippen LogP contribution in [0.4, 0.5) is 5.69 Å². The quantitative estimate of drug-likeness (QED) is 0.601. The van der Waals surface area contributed by atoms with Crippen LogP contribution < -0.4 is 10.1 Å². The largest absolute Gasteiger partial charge is 0.489 e. The molecule has 1 aromatic rings. The number of nitro benzene ring substituents is 1. The van der Waals surface area contributed by atoms with Gasteiger partial charge in [-0.05, 0) is 47.3 Å². The molecule has 2 rings (SSSR count). The van der Waals surface area contributed by atoms with Crippen LogP contribution in [-0.2, 0) is 0 Å². The molecule has 0 aromatic heterocycles. The van der Waals surface area contributed by atoms with E-state index in [1.54, 1.807) is 12.1 Å². The van der Waals surface area contributed by atoms with E-state index in [4.69, 9.17) is 4.74 Å². The van der Waals surface area contributed by atoms with Crippen LogP contribution in [0.25, 0.3) is 0 Å². The van der Waals surface area contributed by atoms with Gasteiger partial charge in [0.05, 0.1) is 11.0 Å². The van der Waals surface area contributed by atoms with Crippen molar-refractivity contribution in [2.75, 3.05) is 13.2 Å². The van der Waals surface area contributed by atoms with Gasteiger partial charge in [0, 0.05) is 6.07 Å². The molecule has 0 radical (unpaired) electrons. The van der Waals surface area contributed by atoms with Crippen LogP contribution in [-0.4, -0.2) is 23.6 Å². The van der Waals surface area contributed by atoms with E-state index in [0.717, 1.165) is 12.8 Å². The van der Waals surface area contributed by atoms with E-state index in [9.17, 15) is 15.4 Å². The number of rotatable bonds is 7. The van der Waals surface area contributed by atoms with Gasteiger partial charge in [-0.2, -0.15) is 5.26 Å². The second-order valence-electron chi connectivity index (χ2n) is 5.02. The molecule has 1 fully saturated rings. The Labute approximate surface area is 131 Å². The molecule has 0 amide bonds. The third-order valence-corrected chi connectivity index (χ3v) is 4.36. The van der Waals surface area contributed by atoms with E-state index >= 15 is 0 Å². The van der Waals surface area contributed by atoms with E-state index in [-0.39, 0.29) is 18.2 Å². The maximum Gasteiger partial charge on any atom is 0.287 e. The lowest BCUT2D eigenvalue weighted by molar-refractivity contribution is -0.385. The number of nitriles is 1. The van der Waals surface area contributed by atoms with Crippen molar-refractivity contribution in [3.8, 4) is 11.8 Å². The van der Waals surface area contributed by atoms with Crippen molar-refractivity contribution in [3.05, 3.63) is 32.8 Å². The SMILES string of the molecule is CCNC(C#N)(COc1cccc([N+](=O)[O-])c1Br)C1CC1. The summed E-state index contributed by atoms with van der Waals surface area (Å²) in [7, 11) is 0. The zero-order valence-corrected chi connectivity index (χ0v) is 13.2.